The number of anilines is 1. The van der Waals surface area contributed by atoms with Gasteiger partial charge >= 0.3 is 0 Å². The smallest absolute Gasteiger partial charge is 0.255 e. The number of hydrogen-bond acceptors (Lipinski definition) is 3. The molecule has 150 valence electrons. The van der Waals surface area contributed by atoms with Gasteiger partial charge in [-0.2, -0.15) is 4.31 Å². The van der Waals surface area contributed by atoms with Gasteiger partial charge < -0.3 is 5.32 Å². The van der Waals surface area contributed by atoms with E-state index in [0.29, 0.717) is 36.2 Å². The molecule has 1 amide bonds. The third-order valence-corrected chi connectivity index (χ3v) is 6.88. The van der Waals surface area contributed by atoms with Crippen LogP contribution in [0.25, 0.3) is 0 Å². The Balaban J connectivity index is 1.77. The lowest BCUT2D eigenvalue weighted by molar-refractivity contribution is 0.102. The van der Waals surface area contributed by atoms with Gasteiger partial charge in [0.05, 0.1) is 4.90 Å². The summed E-state index contributed by atoms with van der Waals surface area (Å²) < 4.78 is 40.8. The van der Waals surface area contributed by atoms with Gasteiger partial charge in [-0.1, -0.05) is 19.9 Å². The largest absolute Gasteiger partial charge is 0.322 e. The van der Waals surface area contributed by atoms with E-state index in [1.165, 1.54) is 40.7 Å². The van der Waals surface area contributed by atoms with E-state index in [9.17, 15) is 17.6 Å². The van der Waals surface area contributed by atoms with Crippen LogP contribution in [0.15, 0.2) is 47.4 Å². The average molecular weight is 405 g/mol. The Kier molecular flexibility index (Phi) is 5.86. The minimum atomic E-state index is -3.59. The van der Waals surface area contributed by atoms with Crippen molar-refractivity contribution in [3.8, 4) is 0 Å². The minimum absolute atomic E-state index is 0.173. The van der Waals surface area contributed by atoms with Crippen molar-refractivity contribution in [2.75, 3.05) is 18.4 Å². The molecule has 0 bridgehead atoms. The number of hydrogen-bond donors (Lipinski definition) is 1. The van der Waals surface area contributed by atoms with Crippen LogP contribution < -0.4 is 5.32 Å². The summed E-state index contributed by atoms with van der Waals surface area (Å²) in [6.07, 6.45) is 1.02. The first-order valence-electron chi connectivity index (χ1n) is 9.34. The summed E-state index contributed by atoms with van der Waals surface area (Å²) in [6.45, 7) is 6.90. The highest BCUT2D eigenvalue weighted by Crippen LogP contribution is 2.27. The van der Waals surface area contributed by atoms with E-state index < -0.39 is 21.7 Å². The van der Waals surface area contributed by atoms with Crippen LogP contribution in [0.4, 0.5) is 10.1 Å². The second-order valence-electron chi connectivity index (χ2n) is 7.71. The average Bonchev–Trinajstić information content (AvgIpc) is 2.64. The van der Waals surface area contributed by atoms with Crippen LogP contribution in [-0.2, 0) is 10.0 Å². The van der Waals surface area contributed by atoms with Crippen molar-refractivity contribution in [2.24, 2.45) is 11.8 Å². The van der Waals surface area contributed by atoms with Gasteiger partial charge in [0, 0.05) is 24.3 Å². The number of rotatable bonds is 4. The van der Waals surface area contributed by atoms with Crippen LogP contribution in [0.5, 0.6) is 0 Å². The van der Waals surface area contributed by atoms with E-state index in [4.69, 9.17) is 0 Å². The molecule has 1 aliphatic heterocycles. The lowest BCUT2D eigenvalue weighted by Gasteiger charge is -2.34. The van der Waals surface area contributed by atoms with Crippen molar-refractivity contribution in [2.45, 2.75) is 32.1 Å². The standard InChI is InChI=1S/C21H25FN2O3S/c1-14-10-15(2)13-24(12-14)28(26,27)19-8-5-17(6-9-19)21(25)23-20-11-18(22)7-4-16(20)3/h4-9,11,14-15H,10,12-13H2,1-3H3,(H,23,25)/t14-,15-/m0/s1. The van der Waals surface area contributed by atoms with Gasteiger partial charge in [0.2, 0.25) is 10.0 Å². The Morgan fingerprint density at radius 2 is 1.68 bits per heavy atom. The van der Waals surface area contributed by atoms with Crippen LogP contribution >= 0.6 is 0 Å². The summed E-state index contributed by atoms with van der Waals surface area (Å²) in [4.78, 5) is 12.6. The number of nitrogens with zero attached hydrogens (tertiary/aromatic N) is 1. The first-order chi connectivity index (χ1) is 13.2. The van der Waals surface area contributed by atoms with E-state index in [2.05, 4.69) is 19.2 Å². The highest BCUT2D eigenvalue weighted by Gasteiger charge is 2.31. The number of sulfonamides is 1. The molecule has 0 radical (unpaired) electrons. The van der Waals surface area contributed by atoms with Crippen LogP contribution in [-0.4, -0.2) is 31.7 Å². The van der Waals surface area contributed by atoms with Gasteiger partial charge in [-0.25, -0.2) is 12.8 Å². The maximum atomic E-state index is 13.4. The second kappa shape index (κ2) is 8.01. The van der Waals surface area contributed by atoms with E-state index in [0.717, 1.165) is 12.0 Å². The van der Waals surface area contributed by atoms with Gasteiger partial charge in [0.15, 0.2) is 0 Å². The fraction of sp³-hybridized carbons (Fsp3) is 0.381. The number of halogens is 1. The number of benzene rings is 2. The Labute approximate surface area is 165 Å². The minimum Gasteiger partial charge on any atom is -0.322 e. The van der Waals surface area contributed by atoms with E-state index in [1.807, 2.05) is 0 Å². The first-order valence-corrected chi connectivity index (χ1v) is 10.8. The van der Waals surface area contributed by atoms with E-state index >= 15 is 0 Å². The quantitative estimate of drug-likeness (QED) is 0.836. The summed E-state index contributed by atoms with van der Waals surface area (Å²) in [7, 11) is -3.59. The second-order valence-corrected chi connectivity index (χ2v) is 9.64. The number of carbonyl (C=O) groups is 1. The van der Waals surface area contributed by atoms with Crippen molar-refractivity contribution in [3.63, 3.8) is 0 Å². The third-order valence-electron chi connectivity index (χ3n) is 5.04. The normalized spacial score (nSPS) is 20.7. The summed E-state index contributed by atoms with van der Waals surface area (Å²) >= 11 is 0. The van der Waals surface area contributed by atoms with Crippen molar-refractivity contribution < 1.29 is 17.6 Å². The van der Waals surface area contributed by atoms with Crippen molar-refractivity contribution in [1.82, 2.24) is 4.31 Å². The Morgan fingerprint density at radius 1 is 1.07 bits per heavy atom. The third kappa shape index (κ3) is 4.42. The molecule has 0 spiro atoms. The van der Waals surface area contributed by atoms with Crippen molar-refractivity contribution in [1.29, 1.82) is 0 Å². The van der Waals surface area contributed by atoms with Crippen LogP contribution in [0.2, 0.25) is 0 Å². The maximum Gasteiger partial charge on any atom is 0.255 e. The highest BCUT2D eigenvalue weighted by atomic mass is 32.2. The lowest BCUT2D eigenvalue weighted by Crippen LogP contribution is -2.42. The Morgan fingerprint density at radius 3 is 2.29 bits per heavy atom. The lowest BCUT2D eigenvalue weighted by atomic mass is 9.94. The molecule has 1 aliphatic rings. The zero-order valence-corrected chi connectivity index (χ0v) is 17.1. The van der Waals surface area contributed by atoms with E-state index in [-0.39, 0.29) is 4.90 Å². The molecule has 28 heavy (non-hydrogen) atoms. The predicted octanol–water partition coefficient (Wildman–Crippen LogP) is 4.05. The zero-order chi connectivity index (χ0) is 20.5. The van der Waals surface area contributed by atoms with Gasteiger partial charge in [-0.05, 0) is 67.1 Å². The molecule has 1 N–H and O–H groups in total. The molecular formula is C21H25FN2O3S. The number of aryl methyl sites for hydroxylation is 1. The van der Waals surface area contributed by atoms with Crippen LogP contribution in [0.3, 0.4) is 0 Å². The van der Waals surface area contributed by atoms with Gasteiger partial charge in [0.1, 0.15) is 5.82 Å². The molecule has 5 nitrogen and oxygen atoms in total. The molecule has 1 heterocycles. The number of piperidine rings is 1. The fourth-order valence-electron chi connectivity index (χ4n) is 3.65. The number of carbonyl (C=O) groups excluding carboxylic acids is 1. The van der Waals surface area contributed by atoms with E-state index in [1.54, 1.807) is 13.0 Å². The summed E-state index contributed by atoms with van der Waals surface area (Å²) in [5.41, 5.74) is 1.43. The van der Waals surface area contributed by atoms with Crippen LogP contribution in [0, 0.1) is 24.6 Å². The van der Waals surface area contributed by atoms with Gasteiger partial charge in [-0.15, -0.1) is 0 Å². The number of nitrogens with one attached hydrogen (secondary N) is 1. The number of amides is 1. The van der Waals surface area contributed by atoms with Crippen molar-refractivity contribution >= 4 is 21.6 Å². The molecule has 7 heteroatoms. The molecule has 1 saturated heterocycles. The summed E-state index contributed by atoms with van der Waals surface area (Å²) in [5.74, 6) is -0.221. The fourth-order valence-corrected chi connectivity index (χ4v) is 5.33. The first kappa shape index (κ1) is 20.5. The summed E-state index contributed by atoms with van der Waals surface area (Å²) in [6, 6.07) is 10.0. The predicted molar refractivity (Wildman–Crippen MR) is 107 cm³/mol. The molecular weight excluding hydrogens is 379 g/mol. The molecule has 0 aromatic heterocycles. The summed E-state index contributed by atoms with van der Waals surface area (Å²) in [5, 5.41) is 2.66. The molecule has 0 aliphatic carbocycles. The monoisotopic (exact) mass is 404 g/mol. The molecule has 2 aromatic rings. The molecule has 2 aromatic carbocycles. The molecule has 2 atom stereocenters. The SMILES string of the molecule is Cc1ccc(F)cc1NC(=O)c1ccc(S(=O)(=O)N2C[C@@H](C)C[C@H](C)C2)cc1. The zero-order valence-electron chi connectivity index (χ0n) is 16.3. The van der Waals surface area contributed by atoms with Gasteiger partial charge in [0.25, 0.3) is 5.91 Å². The maximum absolute atomic E-state index is 13.4. The molecule has 1 fully saturated rings. The Hall–Kier alpha value is -2.25. The molecule has 0 unspecified atom stereocenters. The van der Waals surface area contributed by atoms with Gasteiger partial charge in [-0.3, -0.25) is 4.79 Å². The van der Waals surface area contributed by atoms with Crippen LogP contribution in [0.1, 0.15) is 36.2 Å². The van der Waals surface area contributed by atoms with Crippen molar-refractivity contribution in [3.05, 3.63) is 59.4 Å². The topological polar surface area (TPSA) is 66.5 Å². The highest BCUT2D eigenvalue weighted by molar-refractivity contribution is 7.89. The Bertz CT molecular complexity index is 964. The molecule has 0 saturated carbocycles. The molecule has 3 rings (SSSR count).